The first kappa shape index (κ1) is 19.0. The van der Waals surface area contributed by atoms with Crippen LogP contribution in [0.2, 0.25) is 0 Å². The second-order valence-corrected chi connectivity index (χ2v) is 6.44. The number of piperidine rings is 1. The van der Waals surface area contributed by atoms with Crippen LogP contribution in [0.5, 0.6) is 5.75 Å². The van der Waals surface area contributed by atoms with E-state index in [4.69, 9.17) is 10.5 Å². The van der Waals surface area contributed by atoms with Crippen LogP contribution in [-0.2, 0) is 4.79 Å². The van der Waals surface area contributed by atoms with Crippen molar-refractivity contribution in [3.63, 3.8) is 0 Å². The summed E-state index contributed by atoms with van der Waals surface area (Å²) in [6.07, 6.45) is 1.28. The van der Waals surface area contributed by atoms with E-state index >= 15 is 0 Å². The monoisotopic (exact) mass is 352 g/mol. The zero-order valence-electron chi connectivity index (χ0n) is 14.8. The molecule has 2 rings (SSSR count). The highest BCUT2D eigenvalue weighted by molar-refractivity contribution is 5.95. The lowest BCUT2D eigenvalue weighted by Crippen LogP contribution is -2.48. The summed E-state index contributed by atoms with van der Waals surface area (Å²) in [7, 11) is 5.10. The van der Waals surface area contributed by atoms with Gasteiger partial charge in [-0.1, -0.05) is 0 Å². The minimum atomic E-state index is -0.686. The van der Waals surface area contributed by atoms with Gasteiger partial charge in [-0.25, -0.2) is 4.39 Å². The van der Waals surface area contributed by atoms with Crippen LogP contribution in [0.4, 0.5) is 10.1 Å². The summed E-state index contributed by atoms with van der Waals surface area (Å²) < 4.78 is 19.0. The Hall–Kier alpha value is -2.35. The molecule has 1 aromatic rings. The van der Waals surface area contributed by atoms with E-state index in [1.165, 1.54) is 13.2 Å². The van der Waals surface area contributed by atoms with Gasteiger partial charge in [-0.2, -0.15) is 0 Å². The van der Waals surface area contributed by atoms with E-state index in [-0.39, 0.29) is 28.9 Å². The smallest absolute Gasteiger partial charge is 0.254 e. The number of halogens is 1. The topological polar surface area (TPSA) is 87.9 Å². The Balaban J connectivity index is 1.94. The molecule has 138 valence electrons. The maximum atomic E-state index is 14.0. The molecule has 0 bridgehead atoms. The number of ether oxygens (including phenoxy) is 1. The summed E-state index contributed by atoms with van der Waals surface area (Å²) in [6.45, 7) is 1.52. The number of carbonyl (C=O) groups excluding carboxylic acids is 2. The van der Waals surface area contributed by atoms with E-state index in [2.05, 4.69) is 5.32 Å². The Kier molecular flexibility index (Phi) is 6.19. The first-order valence-corrected chi connectivity index (χ1v) is 8.18. The van der Waals surface area contributed by atoms with Crippen molar-refractivity contribution in [1.29, 1.82) is 0 Å². The molecule has 7 nitrogen and oxygen atoms in total. The van der Waals surface area contributed by atoms with E-state index < -0.39 is 11.7 Å². The Labute approximate surface area is 146 Å². The molecule has 1 aromatic carbocycles. The highest BCUT2D eigenvalue weighted by Gasteiger charge is 2.25. The molecule has 0 unspecified atom stereocenters. The summed E-state index contributed by atoms with van der Waals surface area (Å²) in [4.78, 5) is 28.0. The number of likely N-dealkylation sites (N-methyl/N-ethyl adjacent to an activating group) is 1. The number of methoxy groups -OCH3 is 1. The number of nitrogens with one attached hydrogen (secondary N) is 1. The van der Waals surface area contributed by atoms with Gasteiger partial charge in [0.05, 0.1) is 24.9 Å². The van der Waals surface area contributed by atoms with Crippen LogP contribution in [0.25, 0.3) is 0 Å². The summed E-state index contributed by atoms with van der Waals surface area (Å²) >= 11 is 0. The number of nitrogens with two attached hydrogens (primary N) is 1. The minimum absolute atomic E-state index is 0.0732. The van der Waals surface area contributed by atoms with Gasteiger partial charge in [-0.05, 0) is 33.0 Å². The zero-order valence-corrected chi connectivity index (χ0v) is 14.8. The van der Waals surface area contributed by atoms with Gasteiger partial charge in [-0.15, -0.1) is 0 Å². The Morgan fingerprint density at radius 1 is 1.36 bits per heavy atom. The van der Waals surface area contributed by atoms with Gasteiger partial charge in [-0.3, -0.25) is 9.59 Å². The molecule has 0 radical (unpaired) electrons. The summed E-state index contributed by atoms with van der Waals surface area (Å²) in [5.74, 6) is -0.858. The fraction of sp³-hybridized carbons (Fsp3) is 0.529. The lowest BCUT2D eigenvalue weighted by atomic mass is 10.0. The second kappa shape index (κ2) is 8.15. The molecule has 0 spiro atoms. The lowest BCUT2D eigenvalue weighted by Gasteiger charge is -2.33. The molecule has 0 atom stereocenters. The molecule has 0 aliphatic carbocycles. The van der Waals surface area contributed by atoms with Gasteiger partial charge in [0.1, 0.15) is 11.6 Å². The van der Waals surface area contributed by atoms with E-state index in [1.807, 2.05) is 19.0 Å². The molecule has 0 aromatic heterocycles. The van der Waals surface area contributed by atoms with Gasteiger partial charge < -0.3 is 25.6 Å². The Morgan fingerprint density at radius 3 is 2.56 bits per heavy atom. The van der Waals surface area contributed by atoms with Crippen LogP contribution < -0.4 is 15.8 Å². The largest absolute Gasteiger partial charge is 0.495 e. The number of carbonyl (C=O) groups is 2. The summed E-state index contributed by atoms with van der Waals surface area (Å²) in [5, 5.41) is 2.82. The van der Waals surface area contributed by atoms with Crippen molar-refractivity contribution < 1.29 is 18.7 Å². The molecule has 1 aliphatic rings. The summed E-state index contributed by atoms with van der Waals surface area (Å²) in [5.41, 5.74) is 5.67. The fourth-order valence-corrected chi connectivity index (χ4v) is 2.83. The minimum Gasteiger partial charge on any atom is -0.495 e. The molecule has 1 saturated heterocycles. The third kappa shape index (κ3) is 4.82. The van der Waals surface area contributed by atoms with Gasteiger partial charge >= 0.3 is 0 Å². The fourth-order valence-electron chi connectivity index (χ4n) is 2.83. The predicted octanol–water partition coefficient (Wildman–Crippen LogP) is 0.699. The average molecular weight is 352 g/mol. The zero-order chi connectivity index (χ0) is 18.6. The van der Waals surface area contributed by atoms with Crippen LogP contribution in [0, 0.1) is 5.82 Å². The van der Waals surface area contributed by atoms with Crippen molar-refractivity contribution >= 4 is 17.5 Å². The molecule has 3 N–H and O–H groups in total. The normalized spacial score (nSPS) is 15.3. The van der Waals surface area contributed by atoms with Crippen molar-refractivity contribution in [2.45, 2.75) is 18.9 Å². The Bertz CT molecular complexity index is 643. The maximum absolute atomic E-state index is 14.0. The first-order valence-electron chi connectivity index (χ1n) is 8.18. The molecule has 1 fully saturated rings. The van der Waals surface area contributed by atoms with Gasteiger partial charge in [0.15, 0.2) is 0 Å². The number of anilines is 1. The van der Waals surface area contributed by atoms with Crippen LogP contribution in [0.3, 0.4) is 0 Å². The Morgan fingerprint density at radius 2 is 2.00 bits per heavy atom. The lowest BCUT2D eigenvalue weighted by molar-refractivity contribution is -0.132. The van der Waals surface area contributed by atoms with Crippen LogP contribution in [0.1, 0.15) is 23.2 Å². The number of benzene rings is 1. The highest BCUT2D eigenvalue weighted by atomic mass is 19.1. The molecular weight excluding hydrogens is 327 g/mol. The average Bonchev–Trinajstić information content (AvgIpc) is 2.54. The quantitative estimate of drug-likeness (QED) is 0.762. The van der Waals surface area contributed by atoms with Crippen molar-refractivity contribution in [1.82, 2.24) is 15.1 Å². The van der Waals surface area contributed by atoms with Crippen molar-refractivity contribution in [3.8, 4) is 5.75 Å². The van der Waals surface area contributed by atoms with E-state index in [1.54, 1.807) is 4.90 Å². The first-order chi connectivity index (χ1) is 11.8. The van der Waals surface area contributed by atoms with Gasteiger partial charge in [0, 0.05) is 25.2 Å². The van der Waals surface area contributed by atoms with Crippen molar-refractivity contribution in [2.75, 3.05) is 46.6 Å². The van der Waals surface area contributed by atoms with Crippen molar-refractivity contribution in [2.24, 2.45) is 0 Å². The second-order valence-electron chi connectivity index (χ2n) is 6.44. The maximum Gasteiger partial charge on any atom is 0.254 e. The molecule has 2 amide bonds. The highest BCUT2D eigenvalue weighted by Crippen LogP contribution is 2.25. The number of amides is 2. The number of rotatable bonds is 5. The summed E-state index contributed by atoms with van der Waals surface area (Å²) in [6, 6.07) is 2.28. The number of hydrogen-bond acceptors (Lipinski definition) is 5. The molecule has 8 heteroatoms. The van der Waals surface area contributed by atoms with Crippen LogP contribution >= 0.6 is 0 Å². The predicted molar refractivity (Wildman–Crippen MR) is 93.0 cm³/mol. The van der Waals surface area contributed by atoms with E-state index in [0.29, 0.717) is 32.5 Å². The standard InChI is InChI=1S/C17H25FN4O3/c1-21(2)10-16(23)22-6-4-11(5-7-22)20-17(24)12-8-15(25-3)14(19)9-13(12)18/h8-9,11H,4-7,10,19H2,1-3H3,(H,20,24). The van der Waals surface area contributed by atoms with Crippen LogP contribution in [0.15, 0.2) is 12.1 Å². The molecule has 1 aliphatic heterocycles. The van der Waals surface area contributed by atoms with Gasteiger partial charge in [0.25, 0.3) is 5.91 Å². The third-order valence-corrected chi connectivity index (χ3v) is 4.20. The third-order valence-electron chi connectivity index (χ3n) is 4.20. The molecule has 1 heterocycles. The SMILES string of the molecule is COc1cc(C(=O)NC2CCN(C(=O)CN(C)C)CC2)c(F)cc1N. The molecule has 0 saturated carbocycles. The number of hydrogen-bond donors (Lipinski definition) is 2. The number of nitrogens with zero attached hydrogens (tertiary/aromatic N) is 2. The molecule has 25 heavy (non-hydrogen) atoms. The van der Waals surface area contributed by atoms with Crippen LogP contribution in [-0.4, -0.2) is 68.5 Å². The van der Waals surface area contributed by atoms with Crippen molar-refractivity contribution in [3.05, 3.63) is 23.5 Å². The van der Waals surface area contributed by atoms with Gasteiger partial charge in [0.2, 0.25) is 5.91 Å². The van der Waals surface area contributed by atoms with E-state index in [9.17, 15) is 14.0 Å². The number of likely N-dealkylation sites (tertiary alicyclic amines) is 1. The number of nitrogen functional groups attached to an aromatic ring is 1. The van der Waals surface area contributed by atoms with E-state index in [0.717, 1.165) is 6.07 Å². The molecular formula is C17H25FN4O3.